The van der Waals surface area contributed by atoms with Crippen molar-refractivity contribution in [1.82, 2.24) is 9.97 Å². The highest BCUT2D eigenvalue weighted by Crippen LogP contribution is 2.38. The molecule has 2 rings (SSSR count). The molecule has 21 heteroatoms. The fraction of sp³-hybridized carbons (Fsp3) is 0.381. The Morgan fingerprint density at radius 1 is 0.929 bits per heavy atom. The van der Waals surface area contributed by atoms with Gasteiger partial charge in [-0.1, -0.05) is 0 Å². The van der Waals surface area contributed by atoms with Gasteiger partial charge in [-0.05, 0) is 20.3 Å². The maximum absolute atomic E-state index is 10.7. The van der Waals surface area contributed by atoms with Crippen LogP contribution in [0.1, 0.15) is 51.3 Å². The third kappa shape index (κ3) is 15.0. The molecule has 42 heavy (non-hydrogen) atoms. The van der Waals surface area contributed by atoms with E-state index in [4.69, 9.17) is 41.3 Å². The maximum Gasteiger partial charge on any atom is 0.469 e. The zero-order chi connectivity index (χ0) is 32.8. The van der Waals surface area contributed by atoms with E-state index in [0.29, 0.717) is 23.1 Å². The lowest BCUT2D eigenvalue weighted by molar-refractivity contribution is -0.139. The number of carbonyl (C=O) groups excluding carboxylic acids is 1. The van der Waals surface area contributed by atoms with Gasteiger partial charge in [0.25, 0.3) is 0 Å². The quantitative estimate of drug-likeness (QED) is 0.107. The van der Waals surface area contributed by atoms with Crippen LogP contribution in [0.2, 0.25) is 0 Å². The summed E-state index contributed by atoms with van der Waals surface area (Å²) in [6, 6.07) is -1.06. The largest absolute Gasteiger partial charge is 0.506 e. The number of aromatic nitrogens is 2. The van der Waals surface area contributed by atoms with Gasteiger partial charge >= 0.3 is 27.6 Å². The van der Waals surface area contributed by atoms with E-state index in [1.54, 1.807) is 6.92 Å². The van der Waals surface area contributed by atoms with Gasteiger partial charge in [-0.15, -0.1) is 0 Å². The standard InChI is InChI=1S/C8H13N2O5P.C8H10NO6P.C5H9NO4/c1-5-8(11)7(2-9)6(3-10-5)4-15-16(12,13)14;1-5-8(11)7(3-10)6(2-9-5)4-15-16(12,13)14;6-3(5(9)10)1-2-4(7)8/h3,11H,2,4,9H2,1H3,(H2,12,13,14);2-3,11H,4H2,1H3,(H2,12,13,14);3H,1-2,6H2,(H,7,8)(H,9,10)/t;;3-/m..0/s1. The molecule has 0 fully saturated rings. The number of hydrogen-bond acceptors (Lipinski definition) is 13. The first-order chi connectivity index (χ1) is 19.2. The summed E-state index contributed by atoms with van der Waals surface area (Å²) < 4.78 is 29.5. The molecule has 0 saturated heterocycles. The van der Waals surface area contributed by atoms with Crippen molar-refractivity contribution in [2.45, 2.75) is 52.5 Å². The van der Waals surface area contributed by atoms with Gasteiger partial charge in [-0.25, -0.2) is 9.13 Å². The molecule has 0 aliphatic heterocycles. The van der Waals surface area contributed by atoms with Gasteiger partial charge in [0, 0.05) is 42.0 Å². The number of aldehydes is 1. The number of pyridine rings is 2. The fourth-order valence-corrected chi connectivity index (χ4v) is 3.26. The number of carboxylic acid groups (broad SMARTS) is 2. The van der Waals surface area contributed by atoms with Crippen LogP contribution < -0.4 is 11.5 Å². The Morgan fingerprint density at radius 2 is 1.38 bits per heavy atom. The van der Waals surface area contributed by atoms with Gasteiger partial charge in [0.05, 0.1) is 30.2 Å². The molecular formula is C21H32N4O15P2. The molecule has 2 heterocycles. The van der Waals surface area contributed by atoms with Crippen LogP contribution in [0.15, 0.2) is 12.4 Å². The fourth-order valence-electron chi connectivity index (χ4n) is 2.65. The number of nitrogens with two attached hydrogens (primary N) is 2. The summed E-state index contributed by atoms with van der Waals surface area (Å²) >= 11 is 0. The second kappa shape index (κ2) is 17.6. The van der Waals surface area contributed by atoms with Crippen LogP contribution in [0.4, 0.5) is 0 Å². The van der Waals surface area contributed by atoms with E-state index in [1.807, 2.05) is 0 Å². The molecule has 0 bridgehead atoms. The van der Waals surface area contributed by atoms with E-state index < -0.39 is 40.2 Å². The molecule has 0 saturated carbocycles. The Hall–Kier alpha value is -3.35. The smallest absolute Gasteiger partial charge is 0.469 e. The number of aromatic hydroxyl groups is 2. The zero-order valence-electron chi connectivity index (χ0n) is 22.2. The van der Waals surface area contributed by atoms with E-state index in [2.05, 4.69) is 19.0 Å². The average Bonchev–Trinajstić information content (AvgIpc) is 2.88. The molecule has 0 unspecified atom stereocenters. The summed E-state index contributed by atoms with van der Waals surface area (Å²) in [5.74, 6) is -2.59. The number of aryl methyl sites for hydroxylation is 2. The molecule has 19 nitrogen and oxygen atoms in total. The van der Waals surface area contributed by atoms with Crippen LogP contribution >= 0.6 is 15.6 Å². The Morgan fingerprint density at radius 3 is 1.79 bits per heavy atom. The minimum absolute atomic E-state index is 0.0231. The minimum Gasteiger partial charge on any atom is -0.506 e. The third-order valence-corrected chi connectivity index (χ3v) is 5.80. The molecule has 1 atom stereocenters. The number of nitrogens with zero attached hydrogens (tertiary/aromatic N) is 2. The van der Waals surface area contributed by atoms with Crippen molar-refractivity contribution in [1.29, 1.82) is 0 Å². The molecule has 0 radical (unpaired) electrons. The summed E-state index contributed by atoms with van der Waals surface area (Å²) in [4.78, 5) is 72.2. The predicted molar refractivity (Wildman–Crippen MR) is 141 cm³/mol. The molecule has 2 aromatic heterocycles. The number of hydrogen-bond donors (Lipinski definition) is 10. The molecule has 236 valence electrons. The SMILES string of the molecule is Cc1ncc(COP(=O)(O)O)c(C=O)c1O.Cc1ncc(COP(=O)(O)O)c(CN)c1O.N[C@@H](CCC(=O)O)C(=O)O. The lowest BCUT2D eigenvalue weighted by Gasteiger charge is -2.11. The van der Waals surface area contributed by atoms with Crippen LogP contribution in [-0.2, 0) is 47.5 Å². The predicted octanol–water partition coefficient (Wildman–Crippen LogP) is -0.0559. The molecular weight excluding hydrogens is 610 g/mol. The van der Waals surface area contributed by atoms with Gasteiger partial charge in [-0.2, -0.15) is 0 Å². The van der Waals surface area contributed by atoms with E-state index in [-0.39, 0.29) is 54.3 Å². The number of aliphatic carboxylic acids is 2. The number of phosphoric ester groups is 2. The lowest BCUT2D eigenvalue weighted by Crippen LogP contribution is -2.30. The van der Waals surface area contributed by atoms with Crippen LogP contribution in [0.3, 0.4) is 0 Å². The van der Waals surface area contributed by atoms with Crippen molar-refractivity contribution in [3.8, 4) is 11.5 Å². The maximum atomic E-state index is 10.7. The molecule has 0 aliphatic carbocycles. The zero-order valence-corrected chi connectivity index (χ0v) is 24.0. The summed E-state index contributed by atoms with van der Waals surface area (Å²) in [6.07, 6.45) is 2.74. The highest BCUT2D eigenvalue weighted by molar-refractivity contribution is 7.46. The average molecular weight is 642 g/mol. The van der Waals surface area contributed by atoms with Crippen molar-refractivity contribution < 1.29 is 72.6 Å². The summed E-state index contributed by atoms with van der Waals surface area (Å²) in [5.41, 5.74) is 11.8. The first kappa shape index (κ1) is 38.6. The minimum atomic E-state index is -4.61. The van der Waals surface area contributed by atoms with Gasteiger partial charge in [0.1, 0.15) is 17.5 Å². The van der Waals surface area contributed by atoms with E-state index in [9.17, 15) is 33.7 Å². The Bertz CT molecular complexity index is 1330. The van der Waals surface area contributed by atoms with Crippen molar-refractivity contribution in [2.24, 2.45) is 11.5 Å². The van der Waals surface area contributed by atoms with Crippen molar-refractivity contribution in [3.63, 3.8) is 0 Å². The number of rotatable bonds is 12. The van der Waals surface area contributed by atoms with Crippen LogP contribution in [0, 0.1) is 13.8 Å². The summed E-state index contributed by atoms with van der Waals surface area (Å²) in [5, 5.41) is 35.4. The molecule has 0 aliphatic rings. The number of phosphoric acid groups is 2. The van der Waals surface area contributed by atoms with Crippen LogP contribution in [-0.4, -0.2) is 74.2 Å². The Labute approximate surface area is 238 Å². The first-order valence-corrected chi connectivity index (χ1v) is 14.4. The summed E-state index contributed by atoms with van der Waals surface area (Å²) in [7, 11) is -9.15. The topological polar surface area (TPSA) is 343 Å². The van der Waals surface area contributed by atoms with Crippen LogP contribution in [0.5, 0.6) is 11.5 Å². The van der Waals surface area contributed by atoms with Crippen molar-refractivity contribution >= 4 is 33.9 Å². The summed E-state index contributed by atoms with van der Waals surface area (Å²) in [6.45, 7) is 2.28. The highest BCUT2D eigenvalue weighted by atomic mass is 31.2. The van der Waals surface area contributed by atoms with Gasteiger partial charge in [-0.3, -0.25) is 33.4 Å². The van der Waals surface area contributed by atoms with Crippen LogP contribution in [0.25, 0.3) is 0 Å². The second-order valence-corrected chi connectivity index (χ2v) is 10.5. The Balaban J connectivity index is 0.000000620. The third-order valence-electron chi connectivity index (χ3n) is 4.87. The lowest BCUT2D eigenvalue weighted by atomic mass is 10.1. The molecule has 0 spiro atoms. The Kier molecular flexibility index (Phi) is 16.2. The monoisotopic (exact) mass is 642 g/mol. The van der Waals surface area contributed by atoms with E-state index >= 15 is 0 Å². The molecule has 2 aromatic rings. The van der Waals surface area contributed by atoms with Gasteiger partial charge in [0.15, 0.2) is 6.29 Å². The van der Waals surface area contributed by atoms with Gasteiger partial charge < -0.3 is 51.5 Å². The van der Waals surface area contributed by atoms with Crippen molar-refractivity contribution in [2.75, 3.05) is 0 Å². The van der Waals surface area contributed by atoms with Crippen molar-refractivity contribution in [3.05, 3.63) is 46.0 Å². The second-order valence-electron chi connectivity index (χ2n) is 8.05. The molecule has 0 aromatic carbocycles. The number of carbonyl (C=O) groups is 3. The molecule has 12 N–H and O–H groups in total. The molecule has 0 amide bonds. The normalized spacial score (nSPS) is 11.8. The number of carboxylic acids is 2. The van der Waals surface area contributed by atoms with Gasteiger partial charge in [0.2, 0.25) is 0 Å². The van der Waals surface area contributed by atoms with E-state index in [0.717, 1.165) is 0 Å². The first-order valence-electron chi connectivity index (χ1n) is 11.3. The van der Waals surface area contributed by atoms with E-state index in [1.165, 1.54) is 19.3 Å². The highest BCUT2D eigenvalue weighted by Gasteiger charge is 2.18.